The third-order valence-corrected chi connectivity index (χ3v) is 16.2. The van der Waals surface area contributed by atoms with Gasteiger partial charge < -0.3 is 9.32 Å². The smallest absolute Gasteiger partial charge is 0.143 e. The number of anilines is 3. The van der Waals surface area contributed by atoms with Crippen molar-refractivity contribution in [1.82, 2.24) is 0 Å². The molecule has 0 amide bonds. The zero-order chi connectivity index (χ0) is 47.8. The Morgan fingerprint density at radius 1 is 0.274 bits per heavy atom. The normalized spacial score (nSPS) is 13.0. The van der Waals surface area contributed by atoms with Crippen LogP contribution in [0.4, 0.5) is 17.1 Å². The fourth-order valence-electron chi connectivity index (χ4n) is 13.2. The molecule has 2 heteroatoms. The minimum atomic E-state index is -0.471. The van der Waals surface area contributed by atoms with Crippen molar-refractivity contribution in [3.05, 3.63) is 283 Å². The van der Waals surface area contributed by atoms with Gasteiger partial charge in [-0.15, -0.1) is 0 Å². The van der Waals surface area contributed by atoms with Gasteiger partial charge in [-0.1, -0.05) is 206 Å². The molecule has 0 unspecified atom stereocenters. The second-order valence-electron chi connectivity index (χ2n) is 19.8. The zero-order valence-electron chi connectivity index (χ0n) is 39.7. The molecule has 0 bridgehead atoms. The van der Waals surface area contributed by atoms with E-state index >= 15 is 0 Å². The van der Waals surface area contributed by atoms with E-state index in [-0.39, 0.29) is 0 Å². The number of hydrogen-bond acceptors (Lipinski definition) is 2. The maximum absolute atomic E-state index is 7.30. The van der Waals surface area contributed by atoms with Crippen molar-refractivity contribution in [1.29, 1.82) is 0 Å². The first kappa shape index (κ1) is 40.3. The third kappa shape index (κ3) is 5.63. The fraction of sp³-hybridized carbons (Fsp3) is 0.0141. The summed E-state index contributed by atoms with van der Waals surface area (Å²) in [6.07, 6.45) is 0. The summed E-state index contributed by atoms with van der Waals surface area (Å²) in [4.78, 5) is 2.42. The highest BCUT2D eigenvalue weighted by atomic mass is 16.3. The molecular formula is C71H43NO. The van der Waals surface area contributed by atoms with Crippen LogP contribution in [-0.2, 0) is 5.41 Å². The van der Waals surface area contributed by atoms with Crippen molar-refractivity contribution in [2.24, 2.45) is 0 Å². The minimum Gasteiger partial charge on any atom is -0.455 e. The average Bonchev–Trinajstić information content (AvgIpc) is 4.09. The molecule has 0 aliphatic heterocycles. The van der Waals surface area contributed by atoms with E-state index < -0.39 is 5.41 Å². The molecule has 0 radical (unpaired) electrons. The Morgan fingerprint density at radius 2 is 0.740 bits per heavy atom. The predicted molar refractivity (Wildman–Crippen MR) is 306 cm³/mol. The second-order valence-corrected chi connectivity index (χ2v) is 19.8. The van der Waals surface area contributed by atoms with E-state index in [0.717, 1.165) is 50.1 Å². The van der Waals surface area contributed by atoms with E-state index in [1.54, 1.807) is 0 Å². The van der Waals surface area contributed by atoms with Crippen LogP contribution in [0.3, 0.4) is 0 Å². The molecule has 1 aromatic heterocycles. The topological polar surface area (TPSA) is 16.4 Å². The van der Waals surface area contributed by atoms with Crippen LogP contribution >= 0.6 is 0 Å². The van der Waals surface area contributed by atoms with Crippen molar-refractivity contribution in [2.45, 2.75) is 5.41 Å². The first-order chi connectivity index (χ1) is 36.2. The lowest BCUT2D eigenvalue weighted by molar-refractivity contribution is 0.670. The monoisotopic (exact) mass is 925 g/mol. The predicted octanol–water partition coefficient (Wildman–Crippen LogP) is 19.3. The van der Waals surface area contributed by atoms with Gasteiger partial charge in [0, 0.05) is 39.5 Å². The largest absolute Gasteiger partial charge is 0.455 e. The number of furan rings is 1. The Balaban J connectivity index is 0.919. The molecule has 16 rings (SSSR count). The van der Waals surface area contributed by atoms with E-state index in [4.69, 9.17) is 4.42 Å². The molecule has 2 nitrogen and oxygen atoms in total. The molecule has 0 N–H and O–H groups in total. The van der Waals surface area contributed by atoms with E-state index in [1.165, 1.54) is 98.7 Å². The Bertz CT molecular complexity index is 4520. The lowest BCUT2D eigenvalue weighted by Gasteiger charge is -2.32. The van der Waals surface area contributed by atoms with Crippen LogP contribution in [0.2, 0.25) is 0 Å². The Kier molecular flexibility index (Phi) is 8.41. The molecule has 338 valence electrons. The van der Waals surface area contributed by atoms with Crippen molar-refractivity contribution in [3.8, 4) is 44.5 Å². The summed E-state index contributed by atoms with van der Waals surface area (Å²) in [6.45, 7) is 0. The first-order valence-corrected chi connectivity index (χ1v) is 25.3. The lowest BCUT2D eigenvalue weighted by Crippen LogP contribution is -2.26. The van der Waals surface area contributed by atoms with Crippen LogP contribution in [0.1, 0.15) is 22.3 Å². The average molecular weight is 926 g/mol. The van der Waals surface area contributed by atoms with Gasteiger partial charge in [0.05, 0.1) is 5.41 Å². The van der Waals surface area contributed by atoms with E-state index in [2.05, 4.69) is 266 Å². The Morgan fingerprint density at radius 3 is 1.40 bits per heavy atom. The van der Waals surface area contributed by atoms with Crippen molar-refractivity contribution in [2.75, 3.05) is 4.90 Å². The summed E-state index contributed by atoms with van der Waals surface area (Å²) >= 11 is 0. The van der Waals surface area contributed by atoms with Gasteiger partial charge in [-0.2, -0.15) is 0 Å². The van der Waals surface area contributed by atoms with Crippen molar-refractivity contribution < 1.29 is 4.42 Å². The van der Waals surface area contributed by atoms with Gasteiger partial charge in [0.2, 0.25) is 0 Å². The van der Waals surface area contributed by atoms with Gasteiger partial charge in [0.1, 0.15) is 11.2 Å². The molecule has 0 saturated heterocycles. The Hall–Kier alpha value is -9.50. The lowest BCUT2D eigenvalue weighted by atomic mass is 9.70. The maximum Gasteiger partial charge on any atom is 0.143 e. The van der Waals surface area contributed by atoms with Gasteiger partial charge in [0.15, 0.2) is 0 Å². The SMILES string of the molecule is c1ccc(-c2ccc(N(c3ccc4c(c3)C3(c5ccccc5-c5ccccc53)c3ccccc3-4)c3ccc4c(c3)oc3c(-c5ccc6c7ccccc7c7ccccc7c6c5)c5ccccc5cc34)cc2)cc1. The van der Waals surface area contributed by atoms with Crippen LogP contribution in [0.25, 0.3) is 110 Å². The van der Waals surface area contributed by atoms with Crippen LogP contribution < -0.4 is 4.90 Å². The number of rotatable bonds is 5. The van der Waals surface area contributed by atoms with Crippen molar-refractivity contribution >= 4 is 82.1 Å². The summed E-state index contributed by atoms with van der Waals surface area (Å²) in [6, 6.07) is 96.4. The first-order valence-electron chi connectivity index (χ1n) is 25.3. The molecule has 73 heavy (non-hydrogen) atoms. The van der Waals surface area contributed by atoms with Gasteiger partial charge >= 0.3 is 0 Å². The quantitative estimate of drug-likeness (QED) is 0.160. The van der Waals surface area contributed by atoms with E-state index in [1.807, 2.05) is 0 Å². The summed E-state index contributed by atoms with van der Waals surface area (Å²) in [7, 11) is 0. The maximum atomic E-state index is 7.30. The number of benzene rings is 13. The number of fused-ring (bicyclic) bond motifs is 20. The summed E-state index contributed by atoms with van der Waals surface area (Å²) in [5.74, 6) is 0. The molecule has 14 aromatic rings. The van der Waals surface area contributed by atoms with Crippen LogP contribution in [-0.4, -0.2) is 0 Å². The van der Waals surface area contributed by atoms with Crippen LogP contribution in [0.15, 0.2) is 265 Å². The molecule has 2 aliphatic rings. The minimum absolute atomic E-state index is 0.471. The Labute approximate surface area is 422 Å². The summed E-state index contributed by atoms with van der Waals surface area (Å²) < 4.78 is 7.30. The van der Waals surface area contributed by atoms with E-state index in [0.29, 0.717) is 0 Å². The molecule has 13 aromatic carbocycles. The fourth-order valence-corrected chi connectivity index (χ4v) is 13.2. The highest BCUT2D eigenvalue weighted by Gasteiger charge is 2.51. The number of hydrogen-bond donors (Lipinski definition) is 0. The van der Waals surface area contributed by atoms with Gasteiger partial charge in [-0.3, -0.25) is 0 Å². The molecule has 1 spiro atoms. The highest BCUT2D eigenvalue weighted by Crippen LogP contribution is 2.63. The van der Waals surface area contributed by atoms with Gasteiger partial charge in [-0.05, 0) is 153 Å². The molecule has 0 atom stereocenters. The van der Waals surface area contributed by atoms with E-state index in [9.17, 15) is 0 Å². The van der Waals surface area contributed by atoms with Crippen LogP contribution in [0.5, 0.6) is 0 Å². The van der Waals surface area contributed by atoms with Gasteiger partial charge in [-0.25, -0.2) is 0 Å². The molecule has 0 fully saturated rings. The standard InChI is InChI=1S/C71H43NO/c1-2-16-44(17-3-1)45-30-33-48(34-31-45)72(49-35-38-60-59-26-12-15-29-66(59)71(67(60)42-49)64-27-13-10-24-57(64)58-25-11-14-28-65(58)71)50-36-39-61-63-40-46-18-4-5-19-51(46)69(70(63)73-68(61)43-50)47-32-37-56-54-22-7-6-20-52(54)53-21-8-9-23-55(53)62(56)41-47/h1-43H. The molecular weight excluding hydrogens is 883 g/mol. The van der Waals surface area contributed by atoms with Gasteiger partial charge in [0.25, 0.3) is 0 Å². The van der Waals surface area contributed by atoms with Crippen molar-refractivity contribution in [3.63, 3.8) is 0 Å². The molecule has 1 heterocycles. The summed E-state index contributed by atoms with van der Waals surface area (Å²) in [5, 5.41) is 12.1. The number of nitrogens with zero attached hydrogens (tertiary/aromatic N) is 1. The summed E-state index contributed by atoms with van der Waals surface area (Å²) in [5.41, 5.74) is 19.5. The molecule has 0 saturated carbocycles. The second kappa shape index (κ2) is 15.3. The molecule has 2 aliphatic carbocycles. The highest BCUT2D eigenvalue weighted by molar-refractivity contribution is 6.27. The zero-order valence-corrected chi connectivity index (χ0v) is 39.7. The third-order valence-electron chi connectivity index (χ3n) is 16.2. The van der Waals surface area contributed by atoms with Crippen LogP contribution in [0, 0.1) is 0 Å².